The van der Waals surface area contributed by atoms with E-state index < -0.39 is 0 Å². The van der Waals surface area contributed by atoms with Gasteiger partial charge in [-0.3, -0.25) is 4.68 Å². The van der Waals surface area contributed by atoms with Crippen molar-refractivity contribution in [3.05, 3.63) is 11.9 Å². The van der Waals surface area contributed by atoms with E-state index in [2.05, 4.69) is 22.6 Å². The lowest BCUT2D eigenvalue weighted by molar-refractivity contribution is 0.585. The third-order valence-electron chi connectivity index (χ3n) is 2.07. The lowest BCUT2D eigenvalue weighted by atomic mass is 10.2. The molecular formula is C9H18N4. The molecule has 0 saturated carbocycles. The highest BCUT2D eigenvalue weighted by atomic mass is 15.4. The van der Waals surface area contributed by atoms with Gasteiger partial charge in [0.05, 0.1) is 11.9 Å². The zero-order chi connectivity index (χ0) is 9.52. The van der Waals surface area contributed by atoms with Gasteiger partial charge in [0, 0.05) is 13.6 Å². The Hall–Kier alpha value is -0.900. The average Bonchev–Trinajstić information content (AvgIpc) is 2.52. The van der Waals surface area contributed by atoms with Gasteiger partial charge in [0.2, 0.25) is 0 Å². The van der Waals surface area contributed by atoms with Crippen LogP contribution in [0.1, 0.15) is 31.9 Å². The van der Waals surface area contributed by atoms with E-state index in [0.717, 1.165) is 18.8 Å². The Morgan fingerprint density at radius 2 is 2.31 bits per heavy atom. The fraction of sp³-hybridized carbons (Fsp3) is 0.778. The summed E-state index contributed by atoms with van der Waals surface area (Å²) in [6.07, 6.45) is 5.63. The minimum atomic E-state index is 0.868. The second kappa shape index (κ2) is 5.70. The van der Waals surface area contributed by atoms with Crippen LogP contribution in [0.5, 0.6) is 0 Å². The summed E-state index contributed by atoms with van der Waals surface area (Å²) in [7, 11) is 1.91. The summed E-state index contributed by atoms with van der Waals surface area (Å²) < 4.78 is 1.80. The van der Waals surface area contributed by atoms with Crippen LogP contribution < -0.4 is 5.32 Å². The van der Waals surface area contributed by atoms with E-state index in [-0.39, 0.29) is 0 Å². The first kappa shape index (κ1) is 10.2. The maximum atomic E-state index is 3.86. The van der Waals surface area contributed by atoms with Gasteiger partial charge in [0.25, 0.3) is 0 Å². The second-order valence-corrected chi connectivity index (χ2v) is 3.23. The number of nitrogens with one attached hydrogen (secondary N) is 1. The Labute approximate surface area is 79.3 Å². The minimum Gasteiger partial charge on any atom is -0.311 e. The van der Waals surface area contributed by atoms with Crippen molar-refractivity contribution in [2.75, 3.05) is 6.54 Å². The molecule has 0 radical (unpaired) electrons. The predicted molar refractivity (Wildman–Crippen MR) is 52.2 cm³/mol. The third kappa shape index (κ3) is 3.55. The summed E-state index contributed by atoms with van der Waals surface area (Å²) in [6, 6.07) is 0. The first-order valence-corrected chi connectivity index (χ1v) is 4.89. The molecule has 0 aliphatic carbocycles. The molecule has 0 amide bonds. The monoisotopic (exact) mass is 182 g/mol. The molecule has 1 N–H and O–H groups in total. The summed E-state index contributed by atoms with van der Waals surface area (Å²) in [5.41, 5.74) is 1.14. The summed E-state index contributed by atoms with van der Waals surface area (Å²) >= 11 is 0. The molecule has 1 heterocycles. The number of hydrogen-bond acceptors (Lipinski definition) is 3. The highest BCUT2D eigenvalue weighted by molar-refractivity contribution is 4.91. The third-order valence-corrected chi connectivity index (χ3v) is 2.07. The molecule has 0 saturated heterocycles. The Morgan fingerprint density at radius 1 is 1.46 bits per heavy atom. The van der Waals surface area contributed by atoms with Gasteiger partial charge in [-0.15, -0.1) is 5.10 Å². The smallest absolute Gasteiger partial charge is 0.0738 e. The summed E-state index contributed by atoms with van der Waals surface area (Å²) in [5, 5.41) is 11.0. The Morgan fingerprint density at radius 3 is 2.92 bits per heavy atom. The molecule has 0 aromatic carbocycles. The van der Waals surface area contributed by atoms with Crippen LogP contribution >= 0.6 is 0 Å². The topological polar surface area (TPSA) is 42.7 Å². The van der Waals surface area contributed by atoms with Crippen LogP contribution in [0, 0.1) is 0 Å². The molecule has 74 valence electrons. The van der Waals surface area contributed by atoms with E-state index in [0.29, 0.717) is 0 Å². The number of hydrogen-bond donors (Lipinski definition) is 1. The van der Waals surface area contributed by atoms with Crippen LogP contribution in [-0.2, 0) is 13.6 Å². The van der Waals surface area contributed by atoms with Crippen LogP contribution in [0.2, 0.25) is 0 Å². The van der Waals surface area contributed by atoms with Crippen molar-refractivity contribution in [1.29, 1.82) is 0 Å². The van der Waals surface area contributed by atoms with Crippen LogP contribution in [0.15, 0.2) is 6.20 Å². The van der Waals surface area contributed by atoms with E-state index in [1.54, 1.807) is 10.9 Å². The standard InChI is InChI=1S/C9H18N4/c1-3-4-5-6-10-7-9-8-11-12-13(9)2/h8,10H,3-7H2,1-2H3. The quantitative estimate of drug-likeness (QED) is 0.670. The molecule has 13 heavy (non-hydrogen) atoms. The molecule has 0 fully saturated rings. The normalized spacial score (nSPS) is 10.6. The van der Waals surface area contributed by atoms with Crippen molar-refractivity contribution in [1.82, 2.24) is 20.3 Å². The molecule has 0 bridgehead atoms. The molecule has 0 atom stereocenters. The van der Waals surface area contributed by atoms with Gasteiger partial charge in [0.1, 0.15) is 0 Å². The summed E-state index contributed by atoms with van der Waals surface area (Å²) in [4.78, 5) is 0. The maximum absolute atomic E-state index is 3.86. The summed E-state index contributed by atoms with van der Waals surface area (Å²) in [5.74, 6) is 0. The van der Waals surface area contributed by atoms with Crippen LogP contribution in [-0.4, -0.2) is 21.5 Å². The molecule has 1 aromatic heterocycles. The highest BCUT2D eigenvalue weighted by Gasteiger charge is 1.97. The molecule has 0 aliphatic heterocycles. The number of aromatic nitrogens is 3. The zero-order valence-electron chi connectivity index (χ0n) is 8.45. The Balaban J connectivity index is 2.10. The molecule has 1 aromatic rings. The van der Waals surface area contributed by atoms with Crippen molar-refractivity contribution in [2.45, 2.75) is 32.7 Å². The van der Waals surface area contributed by atoms with Gasteiger partial charge in [0.15, 0.2) is 0 Å². The zero-order valence-corrected chi connectivity index (χ0v) is 8.45. The lowest BCUT2D eigenvalue weighted by Crippen LogP contribution is -2.16. The van der Waals surface area contributed by atoms with E-state index in [4.69, 9.17) is 0 Å². The second-order valence-electron chi connectivity index (χ2n) is 3.23. The van der Waals surface area contributed by atoms with Crippen molar-refractivity contribution in [2.24, 2.45) is 7.05 Å². The SMILES string of the molecule is CCCCCNCc1cnnn1C. The maximum Gasteiger partial charge on any atom is 0.0738 e. The van der Waals surface area contributed by atoms with Crippen molar-refractivity contribution < 1.29 is 0 Å². The molecule has 0 aliphatic rings. The van der Waals surface area contributed by atoms with Gasteiger partial charge in [-0.1, -0.05) is 25.0 Å². The van der Waals surface area contributed by atoms with Crippen LogP contribution in [0.25, 0.3) is 0 Å². The van der Waals surface area contributed by atoms with E-state index >= 15 is 0 Å². The number of unbranched alkanes of at least 4 members (excludes halogenated alkanes) is 2. The first-order valence-electron chi connectivity index (χ1n) is 4.89. The van der Waals surface area contributed by atoms with Gasteiger partial charge in [-0.2, -0.15) is 0 Å². The van der Waals surface area contributed by atoms with Gasteiger partial charge >= 0.3 is 0 Å². The fourth-order valence-corrected chi connectivity index (χ4v) is 1.19. The number of nitrogens with zero attached hydrogens (tertiary/aromatic N) is 3. The molecule has 0 spiro atoms. The number of aryl methyl sites for hydroxylation is 1. The minimum absolute atomic E-state index is 0.868. The van der Waals surface area contributed by atoms with Gasteiger partial charge in [-0.05, 0) is 13.0 Å². The number of rotatable bonds is 6. The van der Waals surface area contributed by atoms with Crippen LogP contribution in [0.3, 0.4) is 0 Å². The van der Waals surface area contributed by atoms with Crippen LogP contribution in [0.4, 0.5) is 0 Å². The van der Waals surface area contributed by atoms with Crippen molar-refractivity contribution >= 4 is 0 Å². The Bertz CT molecular complexity index is 231. The van der Waals surface area contributed by atoms with Crippen molar-refractivity contribution in [3.8, 4) is 0 Å². The predicted octanol–water partition coefficient (Wildman–Crippen LogP) is 1.09. The average molecular weight is 182 g/mol. The van der Waals surface area contributed by atoms with E-state index in [9.17, 15) is 0 Å². The highest BCUT2D eigenvalue weighted by Crippen LogP contribution is 1.94. The molecular weight excluding hydrogens is 164 g/mol. The summed E-state index contributed by atoms with van der Waals surface area (Å²) in [6.45, 7) is 4.16. The molecule has 0 unspecified atom stereocenters. The van der Waals surface area contributed by atoms with Crippen molar-refractivity contribution in [3.63, 3.8) is 0 Å². The van der Waals surface area contributed by atoms with Gasteiger partial charge in [-0.25, -0.2) is 0 Å². The first-order chi connectivity index (χ1) is 6.34. The van der Waals surface area contributed by atoms with Gasteiger partial charge < -0.3 is 5.32 Å². The molecule has 4 heteroatoms. The largest absolute Gasteiger partial charge is 0.311 e. The van der Waals surface area contributed by atoms with E-state index in [1.165, 1.54) is 19.3 Å². The lowest BCUT2D eigenvalue weighted by Gasteiger charge is -2.03. The molecule has 4 nitrogen and oxygen atoms in total. The molecule has 1 rings (SSSR count). The Kier molecular flexibility index (Phi) is 4.46. The van der Waals surface area contributed by atoms with E-state index in [1.807, 2.05) is 7.05 Å². The fourth-order valence-electron chi connectivity index (χ4n) is 1.19.